The van der Waals surface area contributed by atoms with E-state index in [4.69, 9.17) is 37.4 Å². The number of anilines is 2. The fourth-order valence-electron chi connectivity index (χ4n) is 9.40. The lowest BCUT2D eigenvalue weighted by atomic mass is 9.50. The minimum absolute atomic E-state index is 0.000786. The molecule has 1 saturated carbocycles. The van der Waals surface area contributed by atoms with E-state index in [0.717, 1.165) is 22.0 Å². The number of carbonyl (C=O) groups is 5. The number of carboxylic acid groups (broad SMARTS) is 1. The summed E-state index contributed by atoms with van der Waals surface area (Å²) in [5.41, 5.74) is 2.81. The lowest BCUT2D eigenvalue weighted by Crippen LogP contribution is -2.54. The van der Waals surface area contributed by atoms with Crippen LogP contribution in [0.4, 0.5) is 11.4 Å². The van der Waals surface area contributed by atoms with E-state index in [9.17, 15) is 34.5 Å². The number of ether oxygens (including phenoxy) is 3. The molecule has 0 unspecified atom stereocenters. The molecular formula is C44H37Cl2N3O11. The van der Waals surface area contributed by atoms with Gasteiger partial charge < -0.3 is 29.5 Å². The highest BCUT2D eigenvalue weighted by atomic mass is 35.5. The maximum Gasteiger partial charge on any atom is 0.339 e. The Morgan fingerprint density at radius 3 is 2.17 bits per heavy atom. The fourth-order valence-corrected chi connectivity index (χ4v) is 9.85. The molecule has 3 fully saturated rings. The van der Waals surface area contributed by atoms with Gasteiger partial charge in [0.2, 0.25) is 17.6 Å². The quantitative estimate of drug-likeness (QED) is 0.0959. The number of phenolic OH excluding ortho intramolecular Hbond substituents is 1. The topological polar surface area (TPSA) is 192 Å². The van der Waals surface area contributed by atoms with E-state index in [1.807, 2.05) is 6.08 Å². The van der Waals surface area contributed by atoms with Gasteiger partial charge in [-0.1, -0.05) is 59.1 Å². The van der Waals surface area contributed by atoms with Gasteiger partial charge in [-0.15, -0.1) is 0 Å². The largest absolute Gasteiger partial charge is 0.507 e. The van der Waals surface area contributed by atoms with E-state index in [2.05, 4.69) is 5.43 Å². The number of phenols is 2. The highest BCUT2D eigenvalue weighted by Gasteiger charge is 2.69. The number of hydrogen-bond acceptors (Lipinski definition) is 11. The molecule has 16 heteroatoms. The third kappa shape index (κ3) is 6.20. The molecule has 2 aliphatic heterocycles. The number of hydrazine groups is 1. The van der Waals surface area contributed by atoms with Crippen LogP contribution in [-0.2, 0) is 24.6 Å². The van der Waals surface area contributed by atoms with Crippen molar-refractivity contribution < 1.29 is 53.5 Å². The Bertz CT molecular complexity index is 2530. The summed E-state index contributed by atoms with van der Waals surface area (Å²) in [6, 6.07) is 18.1. The number of aromatic carboxylic acids is 1. The summed E-state index contributed by atoms with van der Waals surface area (Å²) in [6.07, 6.45) is 5.46. The van der Waals surface area contributed by atoms with E-state index in [-0.39, 0.29) is 46.5 Å². The van der Waals surface area contributed by atoms with Gasteiger partial charge in [0.25, 0.3) is 11.8 Å². The number of carbonyl (C=O) groups excluding carboxylic acids is 4. The Balaban J connectivity index is 1.31. The van der Waals surface area contributed by atoms with E-state index < -0.39 is 75.9 Å². The van der Waals surface area contributed by atoms with Crippen molar-refractivity contribution in [3.8, 4) is 28.7 Å². The zero-order valence-corrected chi connectivity index (χ0v) is 33.7. The van der Waals surface area contributed by atoms with Crippen molar-refractivity contribution in [2.45, 2.75) is 18.3 Å². The van der Waals surface area contributed by atoms with Crippen molar-refractivity contribution >= 4 is 70.3 Å². The molecule has 2 saturated heterocycles. The standard InChI is InChI=1S/C44H37Cl2N3O11/c1-58-25-9-5-22(6-10-25)44-30(14-4-21-16-35(59-2)38(51)36(17-21)60-3)26-12-13-28-37(41(54)48(39(28)52)24-8-11-27(42(55)56)34(50)19-24)29(26)20-31(44)40(53)49(43(44)57)47-33-15-7-23(45)18-32(33)46/h4-12,14-19,28-31,37,47,50-51H,13,20H2,1-3H3,(H,55,56)/t28-,29+,30-,31-,37-,44-/m0/s1. The van der Waals surface area contributed by atoms with Crippen molar-refractivity contribution in [3.63, 3.8) is 0 Å². The molecule has 2 heterocycles. The monoisotopic (exact) mass is 853 g/mol. The lowest BCUT2D eigenvalue weighted by Gasteiger charge is -2.49. The number of benzene rings is 4. The summed E-state index contributed by atoms with van der Waals surface area (Å²) >= 11 is 12.7. The van der Waals surface area contributed by atoms with Crippen molar-refractivity contribution in [1.29, 1.82) is 0 Å². The Morgan fingerprint density at radius 1 is 0.850 bits per heavy atom. The first-order chi connectivity index (χ1) is 28.7. The zero-order valence-electron chi connectivity index (χ0n) is 32.2. The van der Waals surface area contributed by atoms with Crippen LogP contribution < -0.4 is 24.5 Å². The summed E-state index contributed by atoms with van der Waals surface area (Å²) in [7, 11) is 4.29. The SMILES string of the molecule is COc1ccc([C@@]23C(=O)N(Nc4ccc(Cl)cc4Cl)C(=O)[C@@H]2C[C@@H]2C(=CC[C@@H]4C(=O)N(c5ccc(C(=O)O)c(O)c5)C(=O)[C@@H]42)[C@@H]3C=Cc2cc(OC)c(O)c(OC)c2)cc1. The Morgan fingerprint density at radius 2 is 1.55 bits per heavy atom. The molecule has 60 heavy (non-hydrogen) atoms. The first kappa shape index (κ1) is 40.3. The number of carboxylic acids is 1. The van der Waals surface area contributed by atoms with Crippen LogP contribution in [0.1, 0.15) is 34.3 Å². The van der Waals surface area contributed by atoms with Gasteiger partial charge >= 0.3 is 5.97 Å². The number of aromatic hydroxyl groups is 2. The number of methoxy groups -OCH3 is 3. The van der Waals surface area contributed by atoms with Crippen LogP contribution in [0, 0.1) is 29.6 Å². The van der Waals surface area contributed by atoms with Crippen molar-refractivity contribution in [2.75, 3.05) is 31.7 Å². The van der Waals surface area contributed by atoms with E-state index in [1.165, 1.54) is 33.5 Å². The fraction of sp³-hybridized carbons (Fsp3) is 0.250. The van der Waals surface area contributed by atoms with Crippen LogP contribution >= 0.6 is 23.2 Å². The second kappa shape index (κ2) is 15.3. The van der Waals surface area contributed by atoms with E-state index >= 15 is 4.79 Å². The molecule has 0 aromatic heterocycles. The van der Waals surface area contributed by atoms with Crippen molar-refractivity contribution in [3.05, 3.63) is 117 Å². The smallest absolute Gasteiger partial charge is 0.339 e. The molecule has 4 aliphatic rings. The number of hydrogen-bond donors (Lipinski definition) is 4. The molecule has 4 N–H and O–H groups in total. The molecule has 4 aromatic carbocycles. The van der Waals surface area contributed by atoms with Crippen molar-refractivity contribution in [1.82, 2.24) is 5.01 Å². The summed E-state index contributed by atoms with van der Waals surface area (Å²) < 4.78 is 16.3. The summed E-state index contributed by atoms with van der Waals surface area (Å²) in [4.78, 5) is 71.8. The Hall–Kier alpha value is -6.51. The van der Waals surface area contributed by atoms with Crippen LogP contribution in [0.25, 0.3) is 6.08 Å². The van der Waals surface area contributed by atoms with Crippen LogP contribution in [0.2, 0.25) is 10.0 Å². The number of fused-ring (bicyclic) bond motifs is 4. The van der Waals surface area contributed by atoms with Gasteiger partial charge in [0.1, 0.15) is 17.1 Å². The lowest BCUT2D eigenvalue weighted by molar-refractivity contribution is -0.139. The van der Waals surface area contributed by atoms with E-state index in [0.29, 0.717) is 27.5 Å². The number of halogens is 2. The number of imide groups is 2. The van der Waals surface area contributed by atoms with Gasteiger partial charge in [0.15, 0.2) is 11.5 Å². The average molecular weight is 855 g/mol. The number of allylic oxidation sites excluding steroid dienone is 3. The van der Waals surface area contributed by atoms with Crippen LogP contribution in [0.15, 0.2) is 90.5 Å². The maximum atomic E-state index is 15.5. The molecule has 0 spiro atoms. The number of nitrogens with zero attached hydrogens (tertiary/aromatic N) is 2. The summed E-state index contributed by atoms with van der Waals surface area (Å²) in [5, 5.41) is 32.1. The minimum Gasteiger partial charge on any atom is -0.507 e. The second-order valence-corrected chi connectivity index (χ2v) is 15.8. The van der Waals surface area contributed by atoms with Gasteiger partial charge in [-0.3, -0.25) is 24.6 Å². The molecule has 0 radical (unpaired) electrons. The second-order valence-electron chi connectivity index (χ2n) is 14.9. The van der Waals surface area contributed by atoms with Gasteiger partial charge in [0.05, 0.1) is 60.9 Å². The minimum atomic E-state index is -1.63. The van der Waals surface area contributed by atoms with Crippen LogP contribution in [-0.4, -0.2) is 71.3 Å². The number of nitrogens with one attached hydrogen (secondary N) is 1. The van der Waals surface area contributed by atoms with Gasteiger partial charge in [-0.2, -0.15) is 5.01 Å². The molecule has 4 aromatic rings. The average Bonchev–Trinajstić information content (AvgIpc) is 3.61. The highest BCUT2D eigenvalue weighted by Crippen LogP contribution is 2.62. The summed E-state index contributed by atoms with van der Waals surface area (Å²) in [6.45, 7) is 0. The van der Waals surface area contributed by atoms with Gasteiger partial charge in [-0.25, -0.2) is 9.69 Å². The zero-order chi connectivity index (χ0) is 42.8. The molecule has 2 aliphatic carbocycles. The molecule has 308 valence electrons. The molecule has 8 rings (SSSR count). The van der Waals surface area contributed by atoms with Crippen LogP contribution in [0.5, 0.6) is 28.7 Å². The van der Waals surface area contributed by atoms with Crippen LogP contribution in [0.3, 0.4) is 0 Å². The van der Waals surface area contributed by atoms with Crippen molar-refractivity contribution in [2.24, 2.45) is 29.6 Å². The Labute approximate surface area is 353 Å². The maximum absolute atomic E-state index is 15.5. The van der Waals surface area contributed by atoms with E-state index in [1.54, 1.807) is 60.7 Å². The predicted octanol–water partition coefficient (Wildman–Crippen LogP) is 6.86. The normalized spacial score (nSPS) is 24.6. The first-order valence-corrected chi connectivity index (χ1v) is 19.5. The molecule has 4 amide bonds. The highest BCUT2D eigenvalue weighted by molar-refractivity contribution is 6.36. The first-order valence-electron chi connectivity index (χ1n) is 18.8. The molecule has 6 atom stereocenters. The van der Waals surface area contributed by atoms with Gasteiger partial charge in [-0.05, 0) is 84.5 Å². The number of rotatable bonds is 10. The summed E-state index contributed by atoms with van der Waals surface area (Å²) in [5.74, 6) is -8.39. The van der Waals surface area contributed by atoms with Gasteiger partial charge in [0, 0.05) is 17.0 Å². The third-order valence-corrected chi connectivity index (χ3v) is 12.6. The molecule has 0 bridgehead atoms. The number of amides is 4. The Kier molecular flexibility index (Phi) is 10.2. The predicted molar refractivity (Wildman–Crippen MR) is 219 cm³/mol. The molecular weight excluding hydrogens is 817 g/mol. The third-order valence-electron chi connectivity index (χ3n) is 12.1. The molecule has 14 nitrogen and oxygen atoms in total.